The first-order valence-electron chi connectivity index (χ1n) is 13.4. The number of amides is 2. The van der Waals surface area contributed by atoms with E-state index in [-0.39, 0.29) is 18.4 Å². The van der Waals surface area contributed by atoms with E-state index in [1.54, 1.807) is 6.20 Å². The average molecular weight is 535 g/mol. The number of nitrogens with zero attached hydrogens (tertiary/aromatic N) is 4. The van der Waals surface area contributed by atoms with Crippen LogP contribution >= 0.6 is 0 Å². The van der Waals surface area contributed by atoms with Gasteiger partial charge in [0.05, 0.1) is 0 Å². The summed E-state index contributed by atoms with van der Waals surface area (Å²) in [4.78, 5) is 38.0. The predicted octanol–water partition coefficient (Wildman–Crippen LogP) is 3.73. The largest absolute Gasteiger partial charge is 0.484 e. The lowest BCUT2D eigenvalue weighted by Gasteiger charge is -2.36. The van der Waals surface area contributed by atoms with Crippen LogP contribution in [0, 0.1) is 0 Å². The van der Waals surface area contributed by atoms with Crippen LogP contribution in [0.4, 0.5) is 10.6 Å². The van der Waals surface area contributed by atoms with Crippen molar-refractivity contribution in [1.29, 1.82) is 0 Å². The van der Waals surface area contributed by atoms with Crippen LogP contribution in [-0.2, 0) is 11.3 Å². The number of piperazine rings is 1. The highest BCUT2D eigenvalue weighted by molar-refractivity contribution is 6.03. The summed E-state index contributed by atoms with van der Waals surface area (Å²) in [5, 5.41) is 3.64. The summed E-state index contributed by atoms with van der Waals surface area (Å²) in [6.45, 7) is 10.6. The van der Waals surface area contributed by atoms with Gasteiger partial charge in [0.15, 0.2) is 11.4 Å². The molecule has 1 saturated heterocycles. The number of ether oxygens (including phenoxy) is 2. The number of benzene rings is 1. The lowest BCUT2D eigenvalue weighted by molar-refractivity contribution is 0.0526. The molecule has 10 nitrogen and oxygen atoms in total. The minimum Gasteiger partial charge on any atom is -0.484 e. The van der Waals surface area contributed by atoms with E-state index in [1.807, 2.05) is 63.2 Å². The van der Waals surface area contributed by atoms with Crippen molar-refractivity contribution in [3.63, 3.8) is 0 Å². The number of hydrogen-bond acceptors (Lipinski definition) is 8. The maximum atomic E-state index is 12.4. The van der Waals surface area contributed by atoms with Gasteiger partial charge in [0.1, 0.15) is 23.5 Å². The predicted molar refractivity (Wildman–Crippen MR) is 151 cm³/mol. The highest BCUT2D eigenvalue weighted by atomic mass is 16.6. The van der Waals surface area contributed by atoms with Gasteiger partial charge >= 0.3 is 6.09 Å². The van der Waals surface area contributed by atoms with Gasteiger partial charge in [0.2, 0.25) is 0 Å². The van der Waals surface area contributed by atoms with Crippen molar-refractivity contribution in [2.45, 2.75) is 45.8 Å². The van der Waals surface area contributed by atoms with Crippen LogP contribution in [-0.4, -0.2) is 71.7 Å². The quantitative estimate of drug-likeness (QED) is 0.377. The first kappa shape index (κ1) is 28.1. The number of nitrogens with one attached hydrogen (secondary N) is 1. The van der Waals surface area contributed by atoms with Gasteiger partial charge in [-0.25, -0.2) is 9.78 Å². The molecule has 0 atom stereocenters. The van der Waals surface area contributed by atoms with Crippen LogP contribution in [0.2, 0.25) is 0 Å². The Morgan fingerprint density at radius 2 is 1.77 bits per heavy atom. The molecule has 2 aromatic heterocycles. The van der Waals surface area contributed by atoms with Crippen LogP contribution in [0.5, 0.6) is 5.75 Å². The molecule has 0 unspecified atom stereocenters. The van der Waals surface area contributed by atoms with E-state index in [9.17, 15) is 9.59 Å². The van der Waals surface area contributed by atoms with Crippen LogP contribution in [0.1, 0.15) is 49.7 Å². The standard InChI is InChI=1S/C29H38N6O4/c1-29(2,3)39-28(37)32-13-7-8-15-34-16-18-35(19-17-34)27-22-12-9-14-31-23(22)25(24(33-27)26(30)36)38-20-21-10-5-4-6-11-21/h4-6,9-12,14H,7-8,13,15-20H2,1-3H3,(H2,30,36)(H,32,37). The zero-order valence-corrected chi connectivity index (χ0v) is 23.0. The zero-order valence-electron chi connectivity index (χ0n) is 23.0. The molecule has 3 aromatic rings. The van der Waals surface area contributed by atoms with Crippen molar-refractivity contribution in [2.24, 2.45) is 5.73 Å². The molecule has 0 bridgehead atoms. The Balaban J connectivity index is 1.37. The smallest absolute Gasteiger partial charge is 0.407 e. The molecule has 39 heavy (non-hydrogen) atoms. The van der Waals surface area contributed by atoms with Crippen molar-refractivity contribution in [1.82, 2.24) is 20.2 Å². The summed E-state index contributed by atoms with van der Waals surface area (Å²) in [5.74, 6) is 0.356. The van der Waals surface area contributed by atoms with Gasteiger partial charge in [0.25, 0.3) is 5.91 Å². The van der Waals surface area contributed by atoms with Crippen molar-refractivity contribution >= 4 is 28.7 Å². The second kappa shape index (κ2) is 12.8. The van der Waals surface area contributed by atoms with Gasteiger partial charge in [-0.15, -0.1) is 0 Å². The molecule has 1 aliphatic heterocycles. The monoisotopic (exact) mass is 534 g/mol. The number of anilines is 1. The van der Waals surface area contributed by atoms with E-state index in [2.05, 4.69) is 20.1 Å². The number of carbonyl (C=O) groups excluding carboxylic acids is 2. The Kier molecular flexibility index (Phi) is 9.19. The fourth-order valence-electron chi connectivity index (χ4n) is 4.52. The van der Waals surface area contributed by atoms with Gasteiger partial charge in [-0.05, 0) is 57.9 Å². The Morgan fingerprint density at radius 3 is 2.46 bits per heavy atom. The van der Waals surface area contributed by atoms with E-state index in [0.29, 0.717) is 23.6 Å². The topological polar surface area (TPSA) is 123 Å². The molecule has 0 saturated carbocycles. The number of pyridine rings is 2. The van der Waals surface area contributed by atoms with Gasteiger partial charge < -0.3 is 25.4 Å². The molecular formula is C29H38N6O4. The molecule has 10 heteroatoms. The van der Waals surface area contributed by atoms with Gasteiger partial charge in [-0.3, -0.25) is 14.7 Å². The number of rotatable bonds is 10. The van der Waals surface area contributed by atoms with E-state index in [0.717, 1.165) is 56.5 Å². The Labute approximate surface area is 229 Å². The number of alkyl carbamates (subject to hydrolysis) is 1. The normalized spacial score (nSPS) is 14.3. The molecule has 2 amide bonds. The zero-order chi connectivity index (χ0) is 27.8. The third kappa shape index (κ3) is 7.79. The highest BCUT2D eigenvalue weighted by Crippen LogP contribution is 2.34. The summed E-state index contributed by atoms with van der Waals surface area (Å²) in [5.41, 5.74) is 6.90. The second-order valence-corrected chi connectivity index (χ2v) is 10.6. The van der Waals surface area contributed by atoms with Crippen molar-refractivity contribution in [3.05, 3.63) is 59.9 Å². The van der Waals surface area contributed by atoms with Crippen LogP contribution in [0.25, 0.3) is 10.9 Å². The first-order valence-corrected chi connectivity index (χ1v) is 13.4. The number of fused-ring (bicyclic) bond motifs is 1. The maximum Gasteiger partial charge on any atom is 0.407 e. The fourth-order valence-corrected chi connectivity index (χ4v) is 4.52. The summed E-state index contributed by atoms with van der Waals surface area (Å²) in [7, 11) is 0. The summed E-state index contributed by atoms with van der Waals surface area (Å²) >= 11 is 0. The van der Waals surface area contributed by atoms with Crippen LogP contribution < -0.4 is 20.7 Å². The van der Waals surface area contributed by atoms with E-state index in [1.165, 1.54) is 0 Å². The molecule has 1 fully saturated rings. The third-order valence-corrected chi connectivity index (χ3v) is 6.40. The molecular weight excluding hydrogens is 496 g/mol. The fraction of sp³-hybridized carbons (Fsp3) is 0.448. The molecule has 0 spiro atoms. The number of carbonyl (C=O) groups is 2. The average Bonchev–Trinajstić information content (AvgIpc) is 2.91. The van der Waals surface area contributed by atoms with Crippen molar-refractivity contribution < 1.29 is 19.1 Å². The van der Waals surface area contributed by atoms with E-state index >= 15 is 0 Å². The minimum absolute atomic E-state index is 0.0899. The lowest BCUT2D eigenvalue weighted by Crippen LogP contribution is -2.47. The molecule has 4 rings (SSSR count). The number of primary amides is 1. The van der Waals surface area contributed by atoms with Crippen molar-refractivity contribution in [3.8, 4) is 5.75 Å². The third-order valence-electron chi connectivity index (χ3n) is 6.40. The Hall–Kier alpha value is -3.92. The Morgan fingerprint density at radius 1 is 1.03 bits per heavy atom. The number of nitrogens with two attached hydrogens (primary N) is 1. The summed E-state index contributed by atoms with van der Waals surface area (Å²) in [6.07, 6.45) is 3.16. The maximum absolute atomic E-state index is 12.4. The van der Waals surface area contributed by atoms with Crippen LogP contribution in [0.15, 0.2) is 48.7 Å². The van der Waals surface area contributed by atoms with Crippen LogP contribution in [0.3, 0.4) is 0 Å². The summed E-state index contributed by atoms with van der Waals surface area (Å²) < 4.78 is 11.3. The van der Waals surface area contributed by atoms with Crippen molar-refractivity contribution in [2.75, 3.05) is 44.2 Å². The van der Waals surface area contributed by atoms with Gasteiger partial charge in [-0.1, -0.05) is 30.3 Å². The number of hydrogen-bond donors (Lipinski definition) is 2. The van der Waals surface area contributed by atoms with Gasteiger partial charge in [-0.2, -0.15) is 0 Å². The molecule has 208 valence electrons. The molecule has 0 aliphatic carbocycles. The summed E-state index contributed by atoms with van der Waals surface area (Å²) in [6, 6.07) is 13.5. The second-order valence-electron chi connectivity index (χ2n) is 10.6. The molecule has 1 aliphatic rings. The molecule has 3 heterocycles. The lowest BCUT2D eigenvalue weighted by atomic mass is 10.1. The first-order chi connectivity index (χ1) is 18.7. The minimum atomic E-state index is -0.648. The molecule has 0 radical (unpaired) electrons. The highest BCUT2D eigenvalue weighted by Gasteiger charge is 2.25. The van der Waals surface area contributed by atoms with E-state index < -0.39 is 11.5 Å². The number of unbranched alkanes of at least 4 members (excludes halogenated alkanes) is 1. The van der Waals surface area contributed by atoms with E-state index in [4.69, 9.17) is 20.2 Å². The SMILES string of the molecule is CC(C)(C)OC(=O)NCCCCN1CCN(c2nc(C(N)=O)c(OCc3ccccc3)c3ncccc23)CC1. The Bertz CT molecular complexity index is 1270. The molecule has 3 N–H and O–H groups in total. The van der Waals surface area contributed by atoms with Gasteiger partial charge in [0, 0.05) is 44.3 Å². The number of aromatic nitrogens is 2. The molecule has 1 aromatic carbocycles.